The molecule has 0 aliphatic rings. The van der Waals surface area contributed by atoms with Crippen molar-refractivity contribution in [1.82, 2.24) is 4.90 Å². The quantitative estimate of drug-likeness (QED) is 0.0965. The number of hydrogen-bond donors (Lipinski definition) is 1. The number of carbonyl (C=O) groups is 2. The molecule has 3 atom stereocenters. The number of quaternary nitrogens is 1. The van der Waals surface area contributed by atoms with Crippen molar-refractivity contribution >= 4 is 30.0 Å². The summed E-state index contributed by atoms with van der Waals surface area (Å²) in [5, 5.41) is 9.05. The standard InChI is InChI=1S/C15H28N3O6PS.HI/c1-7-23-25(21,17(5)13(4)15(20)24-12(2)3)26-9-8-18(11-16)10-14(19)22-6;/h12-13H,7-10H2,1-6H3;1H/t13-,25+;/m0./s1. The second-order valence-electron chi connectivity index (χ2n) is 5.69. The van der Waals surface area contributed by atoms with Crippen LogP contribution in [0.1, 0.15) is 27.7 Å². The number of nitrogens with zero attached hydrogens (tertiary/aromatic N) is 2. The Balaban J connectivity index is 0. The van der Waals surface area contributed by atoms with E-state index < -0.39 is 24.7 Å². The van der Waals surface area contributed by atoms with Gasteiger partial charge in [-0.1, -0.05) is 0 Å². The van der Waals surface area contributed by atoms with E-state index in [-0.39, 0.29) is 55.5 Å². The van der Waals surface area contributed by atoms with E-state index in [9.17, 15) is 14.2 Å². The molecule has 0 fully saturated rings. The average molecular weight is 537 g/mol. The maximum absolute atomic E-state index is 13.2. The van der Waals surface area contributed by atoms with E-state index in [2.05, 4.69) is 4.74 Å². The molecule has 158 valence electrons. The first kappa shape index (κ1) is 28.7. The van der Waals surface area contributed by atoms with Crippen LogP contribution in [0.5, 0.6) is 0 Å². The smallest absolute Gasteiger partial charge is 0.440 e. The molecule has 9 nitrogen and oxygen atoms in total. The Morgan fingerprint density at radius 3 is 2.37 bits per heavy atom. The van der Waals surface area contributed by atoms with Crippen molar-refractivity contribution in [2.24, 2.45) is 0 Å². The van der Waals surface area contributed by atoms with Gasteiger partial charge in [0.25, 0.3) is 0 Å². The van der Waals surface area contributed by atoms with E-state index in [1.807, 2.05) is 6.19 Å². The van der Waals surface area contributed by atoms with Gasteiger partial charge in [-0.25, -0.2) is 9.36 Å². The molecular weight excluding hydrogens is 508 g/mol. The zero-order chi connectivity index (χ0) is 20.3. The highest BCUT2D eigenvalue weighted by Gasteiger charge is 2.41. The number of nitrogens with one attached hydrogen (secondary N) is 1. The van der Waals surface area contributed by atoms with Gasteiger partial charge in [0, 0.05) is 12.3 Å². The molecule has 0 aromatic heterocycles. The van der Waals surface area contributed by atoms with Crippen molar-refractivity contribution in [3.05, 3.63) is 0 Å². The first-order chi connectivity index (χ1) is 12.1. The fraction of sp³-hybridized carbons (Fsp3) is 0.800. The van der Waals surface area contributed by atoms with Crippen molar-refractivity contribution < 1.29 is 56.8 Å². The lowest BCUT2D eigenvalue weighted by atomic mass is 10.3. The minimum absolute atomic E-state index is 0. The lowest BCUT2D eigenvalue weighted by molar-refractivity contribution is -0.771. The van der Waals surface area contributed by atoms with E-state index in [0.717, 1.165) is 11.4 Å². The summed E-state index contributed by atoms with van der Waals surface area (Å²) in [6.07, 6.45) is 1.62. The Morgan fingerprint density at radius 2 is 1.93 bits per heavy atom. The number of carbonyl (C=O) groups excluding carboxylic acids is 2. The lowest BCUT2D eigenvalue weighted by Crippen LogP contribution is -3.09. The minimum atomic E-state index is -3.29. The average Bonchev–Trinajstić information content (AvgIpc) is 2.58. The molecule has 0 saturated carbocycles. The summed E-state index contributed by atoms with van der Waals surface area (Å²) in [6, 6.07) is -0.676. The topological polar surface area (TPSA) is 110 Å². The number of methoxy groups -OCH3 is 1. The van der Waals surface area contributed by atoms with Crippen molar-refractivity contribution in [3.8, 4) is 6.19 Å². The molecule has 0 bridgehead atoms. The van der Waals surface area contributed by atoms with Gasteiger partial charge in [0.15, 0.2) is 12.2 Å². The molecule has 12 heteroatoms. The molecule has 1 N–H and O–H groups in total. The van der Waals surface area contributed by atoms with Crippen LogP contribution in [0.4, 0.5) is 0 Å². The Morgan fingerprint density at radius 1 is 1.33 bits per heavy atom. The van der Waals surface area contributed by atoms with Crippen LogP contribution < -0.4 is 28.6 Å². The third-order valence-electron chi connectivity index (χ3n) is 3.37. The van der Waals surface area contributed by atoms with Gasteiger partial charge in [-0.3, -0.25) is 18.9 Å². The number of likely N-dealkylation sites (N-methyl/N-ethyl adjacent to an activating group) is 1. The monoisotopic (exact) mass is 537 g/mol. The van der Waals surface area contributed by atoms with E-state index in [1.54, 1.807) is 34.7 Å². The van der Waals surface area contributed by atoms with E-state index in [0.29, 0.717) is 4.67 Å². The molecule has 0 radical (unpaired) electrons. The molecule has 0 aromatic rings. The van der Waals surface area contributed by atoms with E-state index >= 15 is 0 Å². The van der Waals surface area contributed by atoms with Crippen LogP contribution in [-0.2, 0) is 28.2 Å². The van der Waals surface area contributed by atoms with Gasteiger partial charge in [-0.2, -0.15) is 5.26 Å². The molecule has 27 heavy (non-hydrogen) atoms. The normalized spacial score (nSPS) is 14.9. The molecule has 0 spiro atoms. The SMILES string of the molecule is CCO[P@@](=O)(SCCN(C#N)CC(=O)OC)[NH+](C)[C@@H](C)C(=O)OC(C)C.[I-]. The number of hydrogen-bond acceptors (Lipinski definition) is 9. The Labute approximate surface area is 182 Å². The van der Waals surface area contributed by atoms with Gasteiger partial charge in [-0.15, -0.1) is 0 Å². The van der Waals surface area contributed by atoms with Crippen LogP contribution in [0.25, 0.3) is 0 Å². The van der Waals surface area contributed by atoms with Gasteiger partial charge in [-0.05, 0) is 39.1 Å². The summed E-state index contributed by atoms with van der Waals surface area (Å²) in [6.45, 7) is 3.79. The number of nitriles is 1. The maximum atomic E-state index is 13.2. The predicted molar refractivity (Wildman–Crippen MR) is 98.5 cm³/mol. The Hall–Kier alpha value is -0.540. The first-order valence-corrected chi connectivity index (χ1v) is 11.5. The number of rotatable bonds is 12. The van der Waals surface area contributed by atoms with Crippen molar-refractivity contribution in [2.45, 2.75) is 39.8 Å². The molecule has 0 aliphatic carbocycles. The van der Waals surface area contributed by atoms with Crippen LogP contribution in [-0.4, -0.2) is 68.6 Å². The van der Waals surface area contributed by atoms with E-state index in [1.165, 1.54) is 12.0 Å². The summed E-state index contributed by atoms with van der Waals surface area (Å²) >= 11 is 1.04. The first-order valence-electron chi connectivity index (χ1n) is 8.26. The highest BCUT2D eigenvalue weighted by atomic mass is 127. The summed E-state index contributed by atoms with van der Waals surface area (Å²) in [5.74, 6) is -0.704. The minimum Gasteiger partial charge on any atom is -1.00 e. The zero-order valence-corrected chi connectivity index (χ0v) is 20.4. The summed E-state index contributed by atoms with van der Waals surface area (Å²) in [4.78, 5) is 24.6. The number of halogens is 1. The molecule has 0 aromatic carbocycles. The van der Waals surface area contributed by atoms with Gasteiger partial charge in [0.1, 0.15) is 6.54 Å². The van der Waals surface area contributed by atoms with Crippen LogP contribution in [0.15, 0.2) is 0 Å². The maximum Gasteiger partial charge on any atom is 0.440 e. The summed E-state index contributed by atoms with van der Waals surface area (Å²) < 4.78 is 28.8. The number of ether oxygens (including phenoxy) is 2. The summed E-state index contributed by atoms with van der Waals surface area (Å²) in [5.41, 5.74) is 0. The van der Waals surface area contributed by atoms with Crippen LogP contribution in [0.3, 0.4) is 0 Å². The Kier molecular flexibility index (Phi) is 15.3. The van der Waals surface area contributed by atoms with Gasteiger partial charge < -0.3 is 33.5 Å². The second-order valence-corrected chi connectivity index (χ2v) is 10.5. The largest absolute Gasteiger partial charge is 1.00 e. The highest BCUT2D eigenvalue weighted by Crippen LogP contribution is 2.51. The molecule has 0 aliphatic heterocycles. The molecule has 0 amide bonds. The third kappa shape index (κ3) is 10.5. The van der Waals surface area contributed by atoms with Crippen LogP contribution >= 0.6 is 18.1 Å². The molecule has 0 heterocycles. The van der Waals surface area contributed by atoms with Crippen molar-refractivity contribution in [3.63, 3.8) is 0 Å². The fourth-order valence-electron chi connectivity index (χ4n) is 1.81. The molecule has 1 unspecified atom stereocenters. The fourth-order valence-corrected chi connectivity index (χ4v) is 6.34. The second kappa shape index (κ2) is 14.5. The van der Waals surface area contributed by atoms with Crippen LogP contribution in [0.2, 0.25) is 0 Å². The molecule has 0 saturated heterocycles. The highest BCUT2D eigenvalue weighted by molar-refractivity contribution is 8.54. The van der Waals surface area contributed by atoms with Gasteiger partial charge >= 0.3 is 18.7 Å². The third-order valence-corrected chi connectivity index (χ3v) is 8.68. The number of esters is 2. The van der Waals surface area contributed by atoms with Crippen molar-refractivity contribution in [2.75, 3.05) is 39.6 Å². The molecule has 0 rings (SSSR count). The Bertz CT molecular complexity index is 560. The van der Waals surface area contributed by atoms with Gasteiger partial charge in [0.2, 0.25) is 0 Å². The van der Waals surface area contributed by atoms with Gasteiger partial charge in [0.05, 0.1) is 26.9 Å². The van der Waals surface area contributed by atoms with Crippen LogP contribution in [0, 0.1) is 11.5 Å². The van der Waals surface area contributed by atoms with Crippen molar-refractivity contribution in [1.29, 1.82) is 5.26 Å². The molecular formula is C15H29IN3O6PS. The predicted octanol–water partition coefficient (Wildman–Crippen LogP) is -2.32. The lowest BCUT2D eigenvalue weighted by Gasteiger charge is -2.27. The zero-order valence-electron chi connectivity index (χ0n) is 16.6. The summed E-state index contributed by atoms with van der Waals surface area (Å²) in [7, 11) is 2.86. The van der Waals surface area contributed by atoms with E-state index in [4.69, 9.17) is 14.5 Å².